The maximum Gasteiger partial charge on any atom is 0.0642 e. The van der Waals surface area contributed by atoms with Gasteiger partial charge in [-0.1, -0.05) is 18.2 Å². The smallest absolute Gasteiger partial charge is 0.0642 e. The summed E-state index contributed by atoms with van der Waals surface area (Å²) in [4.78, 5) is 6.70. The first-order valence-electron chi connectivity index (χ1n) is 7.79. The van der Waals surface area contributed by atoms with Crippen LogP contribution in [0.15, 0.2) is 42.7 Å². The summed E-state index contributed by atoms with van der Waals surface area (Å²) in [6, 6.07) is 11.4. The summed E-state index contributed by atoms with van der Waals surface area (Å²) in [5.41, 5.74) is 5.09. The molecule has 0 radical (unpaired) electrons. The van der Waals surface area contributed by atoms with Crippen LogP contribution in [0.3, 0.4) is 0 Å². The van der Waals surface area contributed by atoms with Crippen LogP contribution in [0.2, 0.25) is 0 Å². The number of benzene rings is 1. The van der Waals surface area contributed by atoms with Gasteiger partial charge in [-0.15, -0.1) is 0 Å². The zero-order valence-corrected chi connectivity index (χ0v) is 12.8. The van der Waals surface area contributed by atoms with E-state index < -0.39 is 0 Å². The molecule has 1 heterocycles. The van der Waals surface area contributed by atoms with Crippen molar-refractivity contribution in [3.63, 3.8) is 0 Å². The largest absolute Gasteiger partial charge is 0.340 e. The summed E-state index contributed by atoms with van der Waals surface area (Å²) >= 11 is 0. The molecule has 1 fully saturated rings. The maximum absolute atomic E-state index is 4.34. The Morgan fingerprint density at radius 2 is 2.00 bits per heavy atom. The van der Waals surface area contributed by atoms with E-state index in [1.54, 1.807) is 0 Å². The van der Waals surface area contributed by atoms with E-state index in [4.69, 9.17) is 0 Å². The molecule has 1 N–H and O–H groups in total. The predicted molar refractivity (Wildman–Crippen MR) is 88.0 cm³/mol. The van der Waals surface area contributed by atoms with Gasteiger partial charge in [-0.25, -0.2) is 0 Å². The van der Waals surface area contributed by atoms with E-state index >= 15 is 0 Å². The number of nitrogens with zero attached hydrogens (tertiary/aromatic N) is 2. The zero-order chi connectivity index (χ0) is 14.7. The third kappa shape index (κ3) is 3.24. The van der Waals surface area contributed by atoms with Gasteiger partial charge < -0.3 is 10.2 Å². The highest BCUT2D eigenvalue weighted by molar-refractivity contribution is 5.68. The molecule has 3 nitrogen and oxygen atoms in total. The van der Waals surface area contributed by atoms with Crippen molar-refractivity contribution in [3.8, 4) is 0 Å². The fraction of sp³-hybridized carbons (Fsp3) is 0.389. The lowest BCUT2D eigenvalue weighted by Crippen LogP contribution is -2.22. The molecular weight excluding hydrogens is 258 g/mol. The number of nitrogens with one attached hydrogen (secondary N) is 1. The minimum absolute atomic E-state index is 0.722. The van der Waals surface area contributed by atoms with Crippen molar-refractivity contribution in [1.82, 2.24) is 10.3 Å². The van der Waals surface area contributed by atoms with E-state index in [0.29, 0.717) is 0 Å². The van der Waals surface area contributed by atoms with E-state index in [1.807, 2.05) is 12.4 Å². The number of hydrogen-bond acceptors (Lipinski definition) is 3. The average molecular weight is 281 g/mol. The first-order valence-corrected chi connectivity index (χ1v) is 7.79. The average Bonchev–Trinajstić information content (AvgIpc) is 3.33. The number of anilines is 2. The quantitative estimate of drug-likeness (QED) is 0.873. The molecule has 110 valence electrons. The summed E-state index contributed by atoms with van der Waals surface area (Å²) in [5, 5.41) is 3.60. The highest BCUT2D eigenvalue weighted by Crippen LogP contribution is 2.30. The number of rotatable bonds is 6. The Labute approximate surface area is 127 Å². The normalized spacial score (nSPS) is 14.2. The van der Waals surface area contributed by atoms with E-state index in [2.05, 4.69) is 59.4 Å². The molecule has 0 aliphatic heterocycles. The van der Waals surface area contributed by atoms with Crippen LogP contribution in [-0.4, -0.2) is 17.6 Å². The molecule has 3 rings (SSSR count). The van der Waals surface area contributed by atoms with E-state index in [0.717, 1.165) is 19.1 Å². The molecule has 21 heavy (non-hydrogen) atoms. The summed E-state index contributed by atoms with van der Waals surface area (Å²) in [7, 11) is 0. The number of para-hydroxylation sites is 1. The molecule has 0 spiro atoms. The first kappa shape index (κ1) is 14.1. The first-order chi connectivity index (χ1) is 10.3. The van der Waals surface area contributed by atoms with Crippen LogP contribution in [0.1, 0.15) is 30.9 Å². The van der Waals surface area contributed by atoms with Gasteiger partial charge in [0.2, 0.25) is 0 Å². The second-order valence-corrected chi connectivity index (χ2v) is 5.69. The van der Waals surface area contributed by atoms with Crippen molar-refractivity contribution < 1.29 is 0 Å². The Kier molecular flexibility index (Phi) is 4.20. The molecule has 0 amide bonds. The van der Waals surface area contributed by atoms with Gasteiger partial charge in [0.1, 0.15) is 0 Å². The molecule has 3 heteroatoms. The minimum Gasteiger partial charge on any atom is -0.340 e. The summed E-state index contributed by atoms with van der Waals surface area (Å²) in [5.74, 6) is 0. The zero-order valence-electron chi connectivity index (χ0n) is 12.8. The van der Waals surface area contributed by atoms with Gasteiger partial charge in [-0.3, -0.25) is 4.98 Å². The molecule has 1 aliphatic carbocycles. The Morgan fingerprint density at radius 1 is 1.19 bits per heavy atom. The molecule has 1 saturated carbocycles. The highest BCUT2D eigenvalue weighted by Gasteiger charge is 2.21. The summed E-state index contributed by atoms with van der Waals surface area (Å²) < 4.78 is 0. The van der Waals surface area contributed by atoms with Gasteiger partial charge in [0.05, 0.1) is 11.9 Å². The SMILES string of the molecule is CCN(c1ccccc1C)c1cnccc1CNC1CC1. The molecule has 0 saturated heterocycles. The summed E-state index contributed by atoms with van der Waals surface area (Å²) in [6.07, 6.45) is 6.50. The minimum atomic E-state index is 0.722. The maximum atomic E-state index is 4.34. The van der Waals surface area contributed by atoms with Gasteiger partial charge in [-0.05, 0) is 49.9 Å². The van der Waals surface area contributed by atoms with Crippen LogP contribution >= 0.6 is 0 Å². The Morgan fingerprint density at radius 3 is 2.71 bits per heavy atom. The van der Waals surface area contributed by atoms with E-state index in [9.17, 15) is 0 Å². The van der Waals surface area contributed by atoms with Crippen LogP contribution in [0.25, 0.3) is 0 Å². The molecular formula is C18H23N3. The van der Waals surface area contributed by atoms with Crippen molar-refractivity contribution in [1.29, 1.82) is 0 Å². The van der Waals surface area contributed by atoms with Gasteiger partial charge in [-0.2, -0.15) is 0 Å². The second-order valence-electron chi connectivity index (χ2n) is 5.69. The molecule has 0 atom stereocenters. The van der Waals surface area contributed by atoms with Gasteiger partial charge in [0, 0.05) is 31.0 Å². The van der Waals surface area contributed by atoms with Crippen LogP contribution in [0, 0.1) is 6.92 Å². The lowest BCUT2D eigenvalue weighted by molar-refractivity contribution is 0.686. The number of pyridine rings is 1. The molecule has 1 aromatic heterocycles. The number of aromatic nitrogens is 1. The van der Waals surface area contributed by atoms with Crippen molar-refractivity contribution >= 4 is 11.4 Å². The van der Waals surface area contributed by atoms with Gasteiger partial charge in [0.15, 0.2) is 0 Å². The molecule has 0 bridgehead atoms. The van der Waals surface area contributed by atoms with Crippen molar-refractivity contribution in [2.45, 2.75) is 39.3 Å². The van der Waals surface area contributed by atoms with Gasteiger partial charge in [0.25, 0.3) is 0 Å². The van der Waals surface area contributed by atoms with Crippen LogP contribution in [0.5, 0.6) is 0 Å². The topological polar surface area (TPSA) is 28.2 Å². The van der Waals surface area contributed by atoms with Gasteiger partial charge >= 0.3 is 0 Å². The monoisotopic (exact) mass is 281 g/mol. The van der Waals surface area contributed by atoms with Crippen molar-refractivity contribution in [2.75, 3.05) is 11.4 Å². The van der Waals surface area contributed by atoms with Crippen LogP contribution < -0.4 is 10.2 Å². The fourth-order valence-corrected chi connectivity index (χ4v) is 2.69. The highest BCUT2D eigenvalue weighted by atomic mass is 15.1. The predicted octanol–water partition coefficient (Wildman–Crippen LogP) is 3.80. The molecule has 2 aromatic rings. The standard InChI is InChI=1S/C18H23N3/c1-3-21(17-7-5-4-6-14(17)2)18-13-19-11-10-15(18)12-20-16-8-9-16/h4-7,10-11,13,16,20H,3,8-9,12H2,1-2H3. The summed E-state index contributed by atoms with van der Waals surface area (Å²) in [6.45, 7) is 6.21. The lowest BCUT2D eigenvalue weighted by Gasteiger charge is -2.27. The second kappa shape index (κ2) is 6.27. The number of hydrogen-bond donors (Lipinski definition) is 1. The van der Waals surface area contributed by atoms with Crippen LogP contribution in [0.4, 0.5) is 11.4 Å². The third-order valence-electron chi connectivity index (χ3n) is 4.06. The van der Waals surface area contributed by atoms with E-state index in [1.165, 1.54) is 35.3 Å². The Bertz CT molecular complexity index is 605. The Hall–Kier alpha value is -1.87. The molecule has 1 aliphatic rings. The molecule has 1 aromatic carbocycles. The van der Waals surface area contributed by atoms with E-state index in [-0.39, 0.29) is 0 Å². The lowest BCUT2D eigenvalue weighted by atomic mass is 10.1. The third-order valence-corrected chi connectivity index (χ3v) is 4.06. The number of aryl methyl sites for hydroxylation is 1. The van der Waals surface area contributed by atoms with Crippen molar-refractivity contribution in [2.24, 2.45) is 0 Å². The molecule has 0 unspecified atom stereocenters. The van der Waals surface area contributed by atoms with Crippen molar-refractivity contribution in [3.05, 3.63) is 53.9 Å². The van der Waals surface area contributed by atoms with Crippen LogP contribution in [-0.2, 0) is 6.54 Å². The fourth-order valence-electron chi connectivity index (χ4n) is 2.69. The Balaban J connectivity index is 1.91.